The van der Waals surface area contributed by atoms with Crippen molar-refractivity contribution in [2.45, 2.75) is 20.1 Å². The largest absolute Gasteiger partial charge is 0.479 e. The first-order chi connectivity index (χ1) is 15.8. The van der Waals surface area contributed by atoms with Gasteiger partial charge < -0.3 is 14.1 Å². The monoisotopic (exact) mass is 462 g/mol. The van der Waals surface area contributed by atoms with Crippen molar-refractivity contribution in [3.8, 4) is 5.75 Å². The summed E-state index contributed by atoms with van der Waals surface area (Å²) in [5.41, 5.74) is 2.47. The number of benzene rings is 2. The van der Waals surface area contributed by atoms with Crippen molar-refractivity contribution < 1.29 is 31.5 Å². The van der Waals surface area contributed by atoms with E-state index >= 15 is 0 Å². The quantitative estimate of drug-likeness (QED) is 0.394. The zero-order valence-electron chi connectivity index (χ0n) is 17.9. The van der Waals surface area contributed by atoms with Crippen LogP contribution in [0.3, 0.4) is 0 Å². The summed E-state index contributed by atoms with van der Waals surface area (Å²) in [6, 6.07) is 11.1. The molecule has 0 aliphatic carbocycles. The minimum absolute atomic E-state index is 0.0484. The van der Waals surface area contributed by atoms with E-state index < -0.39 is 35.6 Å². The van der Waals surface area contributed by atoms with Gasteiger partial charge in [0.05, 0.1) is 0 Å². The van der Waals surface area contributed by atoms with Gasteiger partial charge in [0.15, 0.2) is 23.1 Å². The molecule has 0 bridgehead atoms. The van der Waals surface area contributed by atoms with Crippen LogP contribution in [0.15, 0.2) is 46.9 Å². The van der Waals surface area contributed by atoms with Crippen LogP contribution < -0.4 is 4.74 Å². The Kier molecular flexibility index (Phi) is 6.69. The summed E-state index contributed by atoms with van der Waals surface area (Å²) in [4.78, 5) is 16.7. The van der Waals surface area contributed by atoms with E-state index in [9.17, 15) is 22.4 Å². The molecule has 1 fully saturated rings. The standard InChI is InChI=1S/C24H22F4N2O3/c1-15-4-2-3-5-16(15)13-29-8-10-30(11-9-29)24(31)20-7-6-17(33-20)14-32-23-21(27)18(25)12-19(26)22(23)28/h2-7,12H,8-11,13-14H2,1H3. The fourth-order valence-electron chi connectivity index (χ4n) is 3.69. The Balaban J connectivity index is 1.33. The summed E-state index contributed by atoms with van der Waals surface area (Å²) in [5.74, 6) is -7.78. The fraction of sp³-hybridized carbons (Fsp3) is 0.292. The van der Waals surface area contributed by atoms with Gasteiger partial charge in [0, 0.05) is 38.8 Å². The lowest BCUT2D eigenvalue weighted by Gasteiger charge is -2.34. The highest BCUT2D eigenvalue weighted by atomic mass is 19.2. The van der Waals surface area contributed by atoms with Gasteiger partial charge in [-0.05, 0) is 30.2 Å². The van der Waals surface area contributed by atoms with Gasteiger partial charge in [0.1, 0.15) is 12.4 Å². The second-order valence-corrected chi connectivity index (χ2v) is 7.85. The number of rotatable bonds is 6. The van der Waals surface area contributed by atoms with Gasteiger partial charge in [-0.15, -0.1) is 0 Å². The molecule has 1 aromatic heterocycles. The average molecular weight is 462 g/mol. The van der Waals surface area contributed by atoms with Gasteiger partial charge in [-0.3, -0.25) is 9.69 Å². The van der Waals surface area contributed by atoms with Crippen molar-refractivity contribution in [1.29, 1.82) is 0 Å². The molecule has 1 aliphatic rings. The molecule has 2 heterocycles. The van der Waals surface area contributed by atoms with Crippen LogP contribution in [0.1, 0.15) is 27.4 Å². The maximum Gasteiger partial charge on any atom is 0.289 e. The Morgan fingerprint density at radius 1 is 0.970 bits per heavy atom. The Morgan fingerprint density at radius 2 is 1.64 bits per heavy atom. The molecule has 0 atom stereocenters. The van der Waals surface area contributed by atoms with Crippen LogP contribution >= 0.6 is 0 Å². The molecule has 1 aliphatic heterocycles. The van der Waals surface area contributed by atoms with Gasteiger partial charge in [-0.2, -0.15) is 8.78 Å². The number of carbonyl (C=O) groups is 1. The zero-order chi connectivity index (χ0) is 23.5. The predicted octanol–water partition coefficient (Wildman–Crippen LogP) is 4.68. The number of furan rings is 1. The highest BCUT2D eigenvalue weighted by Crippen LogP contribution is 2.27. The first-order valence-electron chi connectivity index (χ1n) is 10.4. The van der Waals surface area contributed by atoms with Gasteiger partial charge in [0.2, 0.25) is 11.6 Å². The van der Waals surface area contributed by atoms with Crippen LogP contribution in [-0.4, -0.2) is 41.9 Å². The summed E-state index contributed by atoms with van der Waals surface area (Å²) >= 11 is 0. The van der Waals surface area contributed by atoms with E-state index in [0.717, 1.165) is 6.54 Å². The summed E-state index contributed by atoms with van der Waals surface area (Å²) in [7, 11) is 0. The van der Waals surface area contributed by atoms with Gasteiger partial charge in [0.25, 0.3) is 5.91 Å². The number of aryl methyl sites for hydroxylation is 1. The lowest BCUT2D eigenvalue weighted by atomic mass is 10.1. The predicted molar refractivity (Wildman–Crippen MR) is 112 cm³/mol. The molecule has 33 heavy (non-hydrogen) atoms. The van der Waals surface area contributed by atoms with E-state index in [1.807, 2.05) is 12.1 Å². The molecule has 0 spiro atoms. The lowest BCUT2D eigenvalue weighted by Crippen LogP contribution is -2.48. The van der Waals surface area contributed by atoms with Crippen molar-refractivity contribution in [1.82, 2.24) is 9.80 Å². The van der Waals surface area contributed by atoms with Crippen LogP contribution in [0, 0.1) is 30.2 Å². The number of carbonyl (C=O) groups excluding carboxylic acids is 1. The smallest absolute Gasteiger partial charge is 0.289 e. The molecule has 9 heteroatoms. The lowest BCUT2D eigenvalue weighted by molar-refractivity contribution is 0.0593. The molecule has 1 amide bonds. The van der Waals surface area contributed by atoms with E-state index in [2.05, 4.69) is 24.0 Å². The summed E-state index contributed by atoms with van der Waals surface area (Å²) in [5, 5.41) is 0. The highest BCUT2D eigenvalue weighted by Gasteiger charge is 2.25. The number of hydrogen-bond donors (Lipinski definition) is 0. The van der Waals surface area contributed by atoms with Crippen molar-refractivity contribution >= 4 is 5.91 Å². The maximum atomic E-state index is 13.7. The van der Waals surface area contributed by atoms with E-state index in [4.69, 9.17) is 9.15 Å². The van der Waals surface area contributed by atoms with Gasteiger partial charge in [-0.1, -0.05) is 24.3 Å². The molecule has 4 rings (SSSR count). The minimum atomic E-state index is -1.64. The van der Waals surface area contributed by atoms with Crippen molar-refractivity contribution in [2.24, 2.45) is 0 Å². The van der Waals surface area contributed by atoms with E-state index in [-0.39, 0.29) is 23.5 Å². The first-order valence-corrected chi connectivity index (χ1v) is 10.4. The SMILES string of the molecule is Cc1ccccc1CN1CCN(C(=O)c2ccc(COc3c(F)c(F)cc(F)c3F)o2)CC1. The Hall–Kier alpha value is -3.33. The molecule has 0 saturated carbocycles. The molecular weight excluding hydrogens is 440 g/mol. The van der Waals surface area contributed by atoms with Gasteiger partial charge >= 0.3 is 0 Å². The fourth-order valence-corrected chi connectivity index (χ4v) is 3.69. The van der Waals surface area contributed by atoms with Crippen molar-refractivity contribution in [2.75, 3.05) is 26.2 Å². The number of amides is 1. The normalized spacial score (nSPS) is 14.5. The number of halogens is 4. The third-order valence-corrected chi connectivity index (χ3v) is 5.62. The molecule has 0 radical (unpaired) electrons. The highest BCUT2D eigenvalue weighted by molar-refractivity contribution is 5.91. The maximum absolute atomic E-state index is 13.7. The number of ether oxygens (including phenoxy) is 1. The van der Waals surface area contributed by atoms with Crippen LogP contribution in [0.4, 0.5) is 17.6 Å². The third-order valence-electron chi connectivity index (χ3n) is 5.62. The number of piperazine rings is 1. The molecule has 0 N–H and O–H groups in total. The van der Waals surface area contributed by atoms with Crippen molar-refractivity contribution in [3.63, 3.8) is 0 Å². The number of nitrogens with zero attached hydrogens (tertiary/aromatic N) is 2. The first kappa shape index (κ1) is 22.8. The Bertz CT molecular complexity index is 1130. The second-order valence-electron chi connectivity index (χ2n) is 7.85. The van der Waals surface area contributed by atoms with E-state index in [0.29, 0.717) is 26.2 Å². The summed E-state index contributed by atoms with van der Waals surface area (Å²) in [6.45, 7) is 4.84. The van der Waals surface area contributed by atoms with Crippen molar-refractivity contribution in [3.05, 3.63) is 88.4 Å². The molecule has 0 unspecified atom stereocenters. The zero-order valence-corrected chi connectivity index (χ0v) is 17.9. The molecule has 5 nitrogen and oxygen atoms in total. The van der Waals surface area contributed by atoms with Crippen LogP contribution in [0.5, 0.6) is 5.75 Å². The van der Waals surface area contributed by atoms with Crippen LogP contribution in [0.2, 0.25) is 0 Å². The third kappa shape index (κ3) is 5.03. The van der Waals surface area contributed by atoms with E-state index in [1.54, 1.807) is 4.90 Å². The van der Waals surface area contributed by atoms with E-state index in [1.165, 1.54) is 23.3 Å². The average Bonchev–Trinajstić information content (AvgIpc) is 3.28. The molecule has 2 aromatic carbocycles. The molecule has 3 aromatic rings. The summed E-state index contributed by atoms with van der Waals surface area (Å²) in [6.07, 6.45) is 0. The van der Waals surface area contributed by atoms with Crippen LogP contribution in [0.25, 0.3) is 0 Å². The van der Waals surface area contributed by atoms with Crippen LogP contribution in [-0.2, 0) is 13.2 Å². The summed E-state index contributed by atoms with van der Waals surface area (Å²) < 4.78 is 64.3. The Morgan fingerprint density at radius 3 is 2.30 bits per heavy atom. The Labute approximate surface area is 188 Å². The minimum Gasteiger partial charge on any atom is -0.479 e. The molecule has 1 saturated heterocycles. The second kappa shape index (κ2) is 9.66. The topological polar surface area (TPSA) is 45.9 Å². The molecule has 174 valence electrons. The number of hydrogen-bond acceptors (Lipinski definition) is 4. The molecular formula is C24H22F4N2O3. The van der Waals surface area contributed by atoms with Gasteiger partial charge in [-0.25, -0.2) is 8.78 Å².